The normalized spacial score (nSPS) is 12.4. The third-order valence-corrected chi connectivity index (χ3v) is 2.85. The van der Waals surface area contributed by atoms with Crippen LogP contribution in [0.1, 0.15) is 30.3 Å². The number of rotatable bonds is 6. The largest absolute Gasteiger partial charge is 0.459 e. The first-order valence-electron chi connectivity index (χ1n) is 5.15. The molecule has 1 N–H and O–H groups in total. The number of amides is 1. The summed E-state index contributed by atoms with van der Waals surface area (Å²) in [4.78, 5) is 11.5. The molecule has 84 valence electrons. The van der Waals surface area contributed by atoms with Crippen molar-refractivity contribution in [2.75, 3.05) is 11.9 Å². The molecule has 4 heteroatoms. The highest BCUT2D eigenvalue weighted by molar-refractivity contribution is 9.09. The van der Waals surface area contributed by atoms with E-state index in [-0.39, 0.29) is 5.91 Å². The third kappa shape index (κ3) is 4.08. The van der Waals surface area contributed by atoms with E-state index in [9.17, 15) is 4.79 Å². The van der Waals surface area contributed by atoms with E-state index >= 15 is 0 Å². The third-order valence-electron chi connectivity index (χ3n) is 2.39. The van der Waals surface area contributed by atoms with E-state index in [2.05, 4.69) is 28.2 Å². The van der Waals surface area contributed by atoms with Gasteiger partial charge in [0.2, 0.25) is 0 Å². The van der Waals surface area contributed by atoms with Crippen LogP contribution in [0.3, 0.4) is 0 Å². The van der Waals surface area contributed by atoms with Crippen LogP contribution in [0.5, 0.6) is 0 Å². The molecule has 0 saturated carbocycles. The topological polar surface area (TPSA) is 42.2 Å². The molecule has 0 aliphatic rings. The van der Waals surface area contributed by atoms with Gasteiger partial charge in [-0.3, -0.25) is 4.79 Å². The van der Waals surface area contributed by atoms with Crippen LogP contribution in [-0.2, 0) is 0 Å². The van der Waals surface area contributed by atoms with Crippen molar-refractivity contribution < 1.29 is 9.21 Å². The van der Waals surface area contributed by atoms with E-state index in [0.29, 0.717) is 18.2 Å². The average Bonchev–Trinajstić information content (AvgIpc) is 2.77. The van der Waals surface area contributed by atoms with Gasteiger partial charge in [0.25, 0.3) is 5.91 Å². The molecule has 1 atom stereocenters. The van der Waals surface area contributed by atoms with Gasteiger partial charge in [0.05, 0.1) is 6.26 Å². The fourth-order valence-corrected chi connectivity index (χ4v) is 1.98. The Bertz CT molecular complexity index is 285. The van der Waals surface area contributed by atoms with Crippen molar-refractivity contribution in [2.45, 2.75) is 19.8 Å². The summed E-state index contributed by atoms with van der Waals surface area (Å²) in [5.74, 6) is 0.778. The van der Waals surface area contributed by atoms with E-state index in [0.717, 1.165) is 18.2 Å². The average molecular weight is 274 g/mol. The molecular weight excluding hydrogens is 258 g/mol. The Labute approximate surface area is 98.4 Å². The van der Waals surface area contributed by atoms with E-state index in [1.165, 1.54) is 6.26 Å². The first kappa shape index (κ1) is 12.3. The van der Waals surface area contributed by atoms with Crippen molar-refractivity contribution in [3.8, 4) is 0 Å². The maximum Gasteiger partial charge on any atom is 0.286 e. The van der Waals surface area contributed by atoms with Crippen LogP contribution in [0.25, 0.3) is 0 Å². The van der Waals surface area contributed by atoms with Gasteiger partial charge in [-0.15, -0.1) is 0 Å². The molecule has 1 aromatic heterocycles. The predicted molar refractivity (Wildman–Crippen MR) is 63.2 cm³/mol. The fraction of sp³-hybridized carbons (Fsp3) is 0.545. The van der Waals surface area contributed by atoms with E-state index < -0.39 is 0 Å². The van der Waals surface area contributed by atoms with Crippen molar-refractivity contribution in [3.63, 3.8) is 0 Å². The number of hydrogen-bond acceptors (Lipinski definition) is 2. The van der Waals surface area contributed by atoms with Crippen LogP contribution in [0.4, 0.5) is 0 Å². The SMILES string of the molecule is CCC(CCBr)CNC(=O)c1ccco1. The molecule has 1 aromatic rings. The van der Waals surface area contributed by atoms with Gasteiger partial charge >= 0.3 is 0 Å². The summed E-state index contributed by atoms with van der Waals surface area (Å²) in [6, 6.07) is 3.38. The Hall–Kier alpha value is -0.770. The zero-order chi connectivity index (χ0) is 11.1. The summed E-state index contributed by atoms with van der Waals surface area (Å²) < 4.78 is 5.00. The summed E-state index contributed by atoms with van der Waals surface area (Å²) in [6.07, 6.45) is 3.66. The highest BCUT2D eigenvalue weighted by Gasteiger charge is 2.11. The van der Waals surface area contributed by atoms with Crippen molar-refractivity contribution in [3.05, 3.63) is 24.2 Å². The molecule has 0 aliphatic heterocycles. The number of nitrogens with one attached hydrogen (secondary N) is 1. The molecule has 0 fully saturated rings. The maximum absolute atomic E-state index is 11.5. The molecule has 0 aromatic carbocycles. The highest BCUT2D eigenvalue weighted by Crippen LogP contribution is 2.09. The van der Waals surface area contributed by atoms with E-state index in [1.54, 1.807) is 12.1 Å². The minimum absolute atomic E-state index is 0.131. The van der Waals surface area contributed by atoms with Gasteiger partial charge in [0, 0.05) is 11.9 Å². The van der Waals surface area contributed by atoms with E-state index in [4.69, 9.17) is 4.42 Å². The summed E-state index contributed by atoms with van der Waals surface area (Å²) in [5, 5.41) is 3.84. The first-order valence-corrected chi connectivity index (χ1v) is 6.27. The lowest BCUT2D eigenvalue weighted by Gasteiger charge is -2.13. The Morgan fingerprint density at radius 2 is 2.47 bits per heavy atom. The van der Waals surface area contributed by atoms with Crippen LogP contribution in [0, 0.1) is 5.92 Å². The van der Waals surface area contributed by atoms with Crippen molar-refractivity contribution in [1.82, 2.24) is 5.32 Å². The highest BCUT2D eigenvalue weighted by atomic mass is 79.9. The monoisotopic (exact) mass is 273 g/mol. The van der Waals surface area contributed by atoms with Gasteiger partial charge in [-0.25, -0.2) is 0 Å². The molecule has 1 rings (SSSR count). The molecule has 0 saturated heterocycles. The minimum Gasteiger partial charge on any atom is -0.459 e. The molecule has 3 nitrogen and oxygen atoms in total. The molecule has 1 amide bonds. The maximum atomic E-state index is 11.5. The van der Waals surface area contributed by atoms with Gasteiger partial charge in [-0.1, -0.05) is 29.3 Å². The minimum atomic E-state index is -0.131. The van der Waals surface area contributed by atoms with Crippen LogP contribution in [-0.4, -0.2) is 17.8 Å². The number of furan rings is 1. The summed E-state index contributed by atoms with van der Waals surface area (Å²) in [7, 11) is 0. The lowest BCUT2D eigenvalue weighted by Crippen LogP contribution is -2.29. The lowest BCUT2D eigenvalue weighted by atomic mass is 10.0. The second-order valence-electron chi connectivity index (χ2n) is 3.44. The van der Waals surface area contributed by atoms with Gasteiger partial charge in [0.15, 0.2) is 5.76 Å². The van der Waals surface area contributed by atoms with Gasteiger partial charge in [0.1, 0.15) is 0 Å². The fourth-order valence-electron chi connectivity index (χ4n) is 1.34. The van der Waals surface area contributed by atoms with Gasteiger partial charge < -0.3 is 9.73 Å². The van der Waals surface area contributed by atoms with Gasteiger partial charge in [-0.05, 0) is 24.5 Å². The van der Waals surface area contributed by atoms with Crippen LogP contribution in [0.15, 0.2) is 22.8 Å². The second-order valence-corrected chi connectivity index (χ2v) is 4.23. The first-order chi connectivity index (χ1) is 7.27. The number of carbonyl (C=O) groups excluding carboxylic acids is 1. The number of carbonyl (C=O) groups is 1. The molecule has 0 bridgehead atoms. The Morgan fingerprint density at radius 3 is 3.00 bits per heavy atom. The van der Waals surface area contributed by atoms with Crippen molar-refractivity contribution >= 4 is 21.8 Å². The molecular formula is C11H16BrNO2. The quantitative estimate of drug-likeness (QED) is 0.810. The molecule has 0 aliphatic carbocycles. The van der Waals surface area contributed by atoms with Crippen LogP contribution < -0.4 is 5.32 Å². The molecule has 0 spiro atoms. The number of halogens is 1. The second kappa shape index (κ2) is 6.67. The van der Waals surface area contributed by atoms with Crippen molar-refractivity contribution in [1.29, 1.82) is 0 Å². The lowest BCUT2D eigenvalue weighted by molar-refractivity contribution is 0.0918. The Kier molecular flexibility index (Phi) is 5.47. The summed E-state index contributed by atoms with van der Waals surface area (Å²) >= 11 is 3.41. The molecule has 1 unspecified atom stereocenters. The Morgan fingerprint density at radius 1 is 1.67 bits per heavy atom. The zero-order valence-electron chi connectivity index (χ0n) is 8.83. The number of hydrogen-bond donors (Lipinski definition) is 1. The van der Waals surface area contributed by atoms with Crippen LogP contribution in [0.2, 0.25) is 0 Å². The number of alkyl halides is 1. The Balaban J connectivity index is 2.33. The summed E-state index contributed by atoms with van der Waals surface area (Å²) in [6.45, 7) is 2.84. The molecule has 1 heterocycles. The smallest absolute Gasteiger partial charge is 0.286 e. The summed E-state index contributed by atoms with van der Waals surface area (Å²) in [5.41, 5.74) is 0. The molecule has 0 radical (unpaired) electrons. The van der Waals surface area contributed by atoms with Gasteiger partial charge in [-0.2, -0.15) is 0 Å². The molecule has 15 heavy (non-hydrogen) atoms. The van der Waals surface area contributed by atoms with Crippen LogP contribution >= 0.6 is 15.9 Å². The zero-order valence-corrected chi connectivity index (χ0v) is 10.4. The predicted octanol–water partition coefficient (Wildman–Crippen LogP) is 2.82. The van der Waals surface area contributed by atoms with E-state index in [1.807, 2.05) is 0 Å². The van der Waals surface area contributed by atoms with Crippen molar-refractivity contribution in [2.24, 2.45) is 5.92 Å². The standard InChI is InChI=1S/C11H16BrNO2/c1-2-9(5-6-12)8-13-11(14)10-4-3-7-15-10/h3-4,7,9H,2,5-6,8H2,1H3,(H,13,14).